The second kappa shape index (κ2) is 7.04. The molecule has 0 aliphatic rings. The van der Waals surface area contributed by atoms with Gasteiger partial charge < -0.3 is 4.74 Å². The molecule has 0 aromatic heterocycles. The standard InChI is InChI=1S/C12H17BrClNO3S/c1-9(2)15(7-8-18-3)19(16,17)12-10(13)5-4-6-11(12)14/h4-6,9H,7-8H2,1-3H3. The van der Waals surface area contributed by atoms with E-state index in [1.165, 1.54) is 11.4 Å². The quantitative estimate of drug-likeness (QED) is 0.773. The fourth-order valence-corrected chi connectivity index (χ4v) is 4.98. The van der Waals surface area contributed by atoms with E-state index in [4.69, 9.17) is 16.3 Å². The normalized spacial score (nSPS) is 12.4. The van der Waals surface area contributed by atoms with Crippen molar-refractivity contribution in [2.75, 3.05) is 20.3 Å². The smallest absolute Gasteiger partial charge is 0.245 e. The van der Waals surface area contributed by atoms with Crippen molar-refractivity contribution >= 4 is 37.6 Å². The molecule has 19 heavy (non-hydrogen) atoms. The minimum absolute atomic E-state index is 0.0986. The van der Waals surface area contributed by atoms with Gasteiger partial charge in [0.25, 0.3) is 0 Å². The average Bonchev–Trinajstić information content (AvgIpc) is 2.27. The number of hydrogen-bond acceptors (Lipinski definition) is 3. The third-order valence-corrected chi connectivity index (χ3v) is 6.11. The van der Waals surface area contributed by atoms with Crippen molar-refractivity contribution in [3.05, 3.63) is 27.7 Å². The van der Waals surface area contributed by atoms with E-state index in [9.17, 15) is 8.42 Å². The molecule has 4 nitrogen and oxygen atoms in total. The average molecular weight is 371 g/mol. The van der Waals surface area contributed by atoms with E-state index in [1.807, 2.05) is 13.8 Å². The Morgan fingerprint density at radius 2 is 2.05 bits per heavy atom. The van der Waals surface area contributed by atoms with E-state index in [1.54, 1.807) is 18.2 Å². The van der Waals surface area contributed by atoms with Crippen LogP contribution in [0.2, 0.25) is 5.02 Å². The van der Waals surface area contributed by atoms with E-state index in [2.05, 4.69) is 15.9 Å². The van der Waals surface area contributed by atoms with Crippen molar-refractivity contribution in [1.82, 2.24) is 4.31 Å². The number of hydrogen-bond donors (Lipinski definition) is 0. The lowest BCUT2D eigenvalue weighted by atomic mass is 10.4. The summed E-state index contributed by atoms with van der Waals surface area (Å²) < 4.78 is 32.2. The molecule has 0 amide bonds. The summed E-state index contributed by atoms with van der Waals surface area (Å²) >= 11 is 9.28. The maximum absolute atomic E-state index is 12.7. The minimum Gasteiger partial charge on any atom is -0.383 e. The van der Waals surface area contributed by atoms with Crippen molar-refractivity contribution in [1.29, 1.82) is 0 Å². The lowest BCUT2D eigenvalue weighted by Gasteiger charge is -2.26. The van der Waals surface area contributed by atoms with Gasteiger partial charge in [0.05, 0.1) is 11.6 Å². The Bertz CT molecular complexity index is 514. The molecule has 0 saturated heterocycles. The monoisotopic (exact) mass is 369 g/mol. The topological polar surface area (TPSA) is 46.6 Å². The number of ether oxygens (including phenoxy) is 1. The summed E-state index contributed by atoms with van der Waals surface area (Å²) in [7, 11) is -2.12. The Balaban J connectivity index is 3.27. The highest BCUT2D eigenvalue weighted by Crippen LogP contribution is 2.32. The molecule has 1 rings (SSSR count). The Labute approximate surface area is 127 Å². The van der Waals surface area contributed by atoms with Crippen LogP contribution in [0.3, 0.4) is 0 Å². The minimum atomic E-state index is -3.66. The first-order chi connectivity index (χ1) is 8.82. The summed E-state index contributed by atoms with van der Waals surface area (Å²) in [4.78, 5) is 0.0986. The highest BCUT2D eigenvalue weighted by atomic mass is 79.9. The zero-order valence-electron chi connectivity index (χ0n) is 11.1. The van der Waals surface area contributed by atoms with E-state index in [0.717, 1.165) is 0 Å². The van der Waals surface area contributed by atoms with Gasteiger partial charge in [0.1, 0.15) is 4.90 Å². The lowest BCUT2D eigenvalue weighted by Crippen LogP contribution is -2.39. The zero-order chi connectivity index (χ0) is 14.6. The number of sulfonamides is 1. The van der Waals surface area contributed by atoms with Crippen LogP contribution >= 0.6 is 27.5 Å². The summed E-state index contributed by atoms with van der Waals surface area (Å²) in [6.45, 7) is 4.25. The van der Waals surface area contributed by atoms with E-state index < -0.39 is 10.0 Å². The van der Waals surface area contributed by atoms with Crippen LogP contribution in [0, 0.1) is 0 Å². The first kappa shape index (κ1) is 16.9. The second-order valence-corrected chi connectivity index (χ2v) is 7.34. The van der Waals surface area contributed by atoms with Gasteiger partial charge in [-0.25, -0.2) is 8.42 Å². The fourth-order valence-electron chi connectivity index (χ4n) is 1.68. The zero-order valence-corrected chi connectivity index (χ0v) is 14.2. The van der Waals surface area contributed by atoms with Gasteiger partial charge >= 0.3 is 0 Å². The van der Waals surface area contributed by atoms with Crippen molar-refractivity contribution in [2.24, 2.45) is 0 Å². The van der Waals surface area contributed by atoms with E-state index >= 15 is 0 Å². The highest BCUT2D eigenvalue weighted by molar-refractivity contribution is 9.10. The molecule has 0 fully saturated rings. The first-order valence-corrected chi connectivity index (χ1v) is 8.38. The largest absolute Gasteiger partial charge is 0.383 e. The van der Waals surface area contributed by atoms with Crippen LogP contribution in [-0.4, -0.2) is 39.0 Å². The summed E-state index contributed by atoms with van der Waals surface area (Å²) in [5.74, 6) is 0. The third-order valence-electron chi connectivity index (χ3n) is 2.58. The van der Waals surface area contributed by atoms with Crippen LogP contribution in [0.1, 0.15) is 13.8 Å². The number of benzene rings is 1. The SMILES string of the molecule is COCCN(C(C)C)S(=O)(=O)c1c(Cl)cccc1Br. The molecule has 7 heteroatoms. The van der Waals surface area contributed by atoms with Crippen molar-refractivity contribution in [3.63, 3.8) is 0 Å². The number of halogens is 2. The number of rotatable bonds is 6. The van der Waals surface area contributed by atoms with Crippen molar-refractivity contribution in [3.8, 4) is 0 Å². The molecule has 0 atom stereocenters. The van der Waals surface area contributed by atoms with Gasteiger partial charge in [0, 0.05) is 24.2 Å². The van der Waals surface area contributed by atoms with Crippen LogP contribution in [0.25, 0.3) is 0 Å². The van der Waals surface area contributed by atoms with Gasteiger partial charge in [0.15, 0.2) is 0 Å². The first-order valence-electron chi connectivity index (χ1n) is 5.77. The molecule has 0 spiro atoms. The van der Waals surface area contributed by atoms with Gasteiger partial charge in [-0.1, -0.05) is 17.7 Å². The Kier molecular flexibility index (Phi) is 6.26. The van der Waals surface area contributed by atoms with Gasteiger partial charge in [-0.3, -0.25) is 0 Å². The molecule has 0 N–H and O–H groups in total. The number of nitrogens with zero attached hydrogens (tertiary/aromatic N) is 1. The Morgan fingerprint density at radius 3 is 2.53 bits per heavy atom. The molecular weight excluding hydrogens is 354 g/mol. The maximum Gasteiger partial charge on any atom is 0.245 e. The summed E-state index contributed by atoms with van der Waals surface area (Å²) in [6.07, 6.45) is 0. The predicted octanol–water partition coefficient (Wildman–Crippen LogP) is 3.15. The fraction of sp³-hybridized carbons (Fsp3) is 0.500. The van der Waals surface area contributed by atoms with Crippen LogP contribution in [-0.2, 0) is 14.8 Å². The van der Waals surface area contributed by atoms with Crippen LogP contribution in [0.5, 0.6) is 0 Å². The molecule has 0 unspecified atom stereocenters. The number of methoxy groups -OCH3 is 1. The molecule has 0 heterocycles. The molecule has 1 aromatic rings. The van der Waals surface area contributed by atoms with Crippen LogP contribution in [0.15, 0.2) is 27.6 Å². The van der Waals surface area contributed by atoms with E-state index in [0.29, 0.717) is 11.1 Å². The summed E-state index contributed by atoms with van der Waals surface area (Å²) in [5, 5.41) is 0.206. The van der Waals surface area contributed by atoms with Crippen LogP contribution < -0.4 is 0 Å². The van der Waals surface area contributed by atoms with Crippen LogP contribution in [0.4, 0.5) is 0 Å². The van der Waals surface area contributed by atoms with E-state index in [-0.39, 0.29) is 22.5 Å². The molecule has 0 saturated carbocycles. The highest BCUT2D eigenvalue weighted by Gasteiger charge is 2.30. The molecular formula is C12H17BrClNO3S. The summed E-state index contributed by atoms with van der Waals surface area (Å²) in [6, 6.07) is 4.74. The molecule has 1 aromatic carbocycles. The van der Waals surface area contributed by atoms with Gasteiger partial charge in [-0.2, -0.15) is 4.31 Å². The van der Waals surface area contributed by atoms with Crippen molar-refractivity contribution in [2.45, 2.75) is 24.8 Å². The summed E-state index contributed by atoms with van der Waals surface area (Å²) in [5.41, 5.74) is 0. The Hall–Kier alpha value is -0.140. The Morgan fingerprint density at radius 1 is 1.42 bits per heavy atom. The predicted molar refractivity (Wildman–Crippen MR) is 80.1 cm³/mol. The van der Waals surface area contributed by atoms with Crippen molar-refractivity contribution < 1.29 is 13.2 Å². The maximum atomic E-state index is 12.7. The second-order valence-electron chi connectivity index (χ2n) is 4.25. The van der Waals surface area contributed by atoms with Gasteiger partial charge in [-0.15, -0.1) is 0 Å². The third kappa shape index (κ3) is 3.92. The van der Waals surface area contributed by atoms with Gasteiger partial charge in [0.2, 0.25) is 10.0 Å². The molecule has 108 valence electrons. The molecule has 0 radical (unpaired) electrons. The lowest BCUT2D eigenvalue weighted by molar-refractivity contribution is 0.171. The molecule has 0 bridgehead atoms. The molecule has 0 aliphatic carbocycles. The van der Waals surface area contributed by atoms with Gasteiger partial charge in [-0.05, 0) is 41.9 Å². The molecule has 0 aliphatic heterocycles.